The van der Waals surface area contributed by atoms with Crippen LogP contribution in [-0.2, 0) is 4.74 Å². The van der Waals surface area contributed by atoms with Gasteiger partial charge in [0.1, 0.15) is 0 Å². The molecular weight excluding hydrogens is 350 g/mol. The Morgan fingerprint density at radius 3 is 2.91 bits per heavy atom. The molecule has 7 heteroatoms. The summed E-state index contributed by atoms with van der Waals surface area (Å²) < 4.78 is 5.96. The average Bonchev–Trinajstić information content (AvgIpc) is 3.12. The number of hydrogen-bond acceptors (Lipinski definition) is 4. The quantitative estimate of drug-likeness (QED) is 0.620. The Hall–Kier alpha value is -1.21. The first-order valence-corrected chi connectivity index (χ1v) is 9.03. The summed E-state index contributed by atoms with van der Waals surface area (Å²) in [7, 11) is 1.72. The van der Waals surface area contributed by atoms with Gasteiger partial charge in [0, 0.05) is 31.3 Å². The van der Waals surface area contributed by atoms with Gasteiger partial charge in [-0.15, -0.1) is 11.3 Å². The molecule has 0 spiro atoms. The van der Waals surface area contributed by atoms with Gasteiger partial charge in [-0.25, -0.2) is 0 Å². The first kappa shape index (κ1) is 16.6. The highest BCUT2D eigenvalue weighted by molar-refractivity contribution is 7.80. The molecule has 1 aliphatic heterocycles. The fourth-order valence-electron chi connectivity index (χ4n) is 2.82. The van der Waals surface area contributed by atoms with E-state index in [1.54, 1.807) is 18.4 Å². The standard InChI is InChI=1S/C16H18ClN3OS2/c1-21-10-4-9-20-15(12-6-7-13(17)23-12)14(19-16(20)22)11-5-2-3-8-18-11/h2-3,5-8,14-15H,4,9-10H2,1H3,(H,19,22)/t14-,15+/m1/s1. The zero-order valence-electron chi connectivity index (χ0n) is 12.7. The zero-order valence-corrected chi connectivity index (χ0v) is 15.1. The second-order valence-electron chi connectivity index (χ2n) is 5.31. The van der Waals surface area contributed by atoms with Gasteiger partial charge in [0.05, 0.1) is 22.1 Å². The maximum absolute atomic E-state index is 6.15. The largest absolute Gasteiger partial charge is 0.385 e. The van der Waals surface area contributed by atoms with Gasteiger partial charge in [0.2, 0.25) is 0 Å². The molecule has 0 amide bonds. The summed E-state index contributed by atoms with van der Waals surface area (Å²) in [6, 6.07) is 10.1. The summed E-state index contributed by atoms with van der Waals surface area (Å²) in [5.41, 5.74) is 0.985. The number of ether oxygens (including phenoxy) is 1. The van der Waals surface area contributed by atoms with E-state index in [0.717, 1.165) is 28.1 Å². The van der Waals surface area contributed by atoms with Crippen LogP contribution in [0.4, 0.5) is 0 Å². The number of rotatable bonds is 6. The van der Waals surface area contributed by atoms with Gasteiger partial charge in [-0.05, 0) is 42.9 Å². The van der Waals surface area contributed by atoms with Gasteiger partial charge >= 0.3 is 0 Å². The second kappa shape index (κ2) is 7.57. The highest BCUT2D eigenvalue weighted by Crippen LogP contribution is 2.42. The molecule has 2 aromatic heterocycles. The number of aromatic nitrogens is 1. The number of thiophene rings is 1. The molecule has 4 nitrogen and oxygen atoms in total. The Morgan fingerprint density at radius 2 is 2.26 bits per heavy atom. The first-order valence-electron chi connectivity index (χ1n) is 7.43. The predicted molar refractivity (Wildman–Crippen MR) is 98.0 cm³/mol. The Kier molecular flexibility index (Phi) is 5.48. The fraction of sp³-hybridized carbons (Fsp3) is 0.375. The van der Waals surface area contributed by atoms with E-state index in [-0.39, 0.29) is 12.1 Å². The van der Waals surface area contributed by atoms with Gasteiger partial charge in [-0.2, -0.15) is 0 Å². The molecule has 1 aliphatic rings. The summed E-state index contributed by atoms with van der Waals surface area (Å²) in [5, 5.41) is 4.18. The lowest BCUT2D eigenvalue weighted by Gasteiger charge is -2.26. The third kappa shape index (κ3) is 3.66. The molecule has 0 aliphatic carbocycles. The zero-order chi connectivity index (χ0) is 16.2. The number of halogens is 1. The minimum Gasteiger partial charge on any atom is -0.385 e. The van der Waals surface area contributed by atoms with Gasteiger partial charge < -0.3 is 15.0 Å². The number of methoxy groups -OCH3 is 1. The van der Waals surface area contributed by atoms with Crippen molar-refractivity contribution in [1.29, 1.82) is 0 Å². The van der Waals surface area contributed by atoms with Crippen LogP contribution in [0.15, 0.2) is 36.5 Å². The number of pyridine rings is 1. The van der Waals surface area contributed by atoms with E-state index < -0.39 is 0 Å². The molecule has 122 valence electrons. The number of hydrogen-bond donors (Lipinski definition) is 1. The van der Waals surface area contributed by atoms with Crippen LogP contribution >= 0.6 is 35.2 Å². The van der Waals surface area contributed by atoms with Crippen molar-refractivity contribution in [2.45, 2.75) is 18.5 Å². The van der Waals surface area contributed by atoms with Gasteiger partial charge in [0.15, 0.2) is 5.11 Å². The maximum atomic E-state index is 6.15. The van der Waals surface area contributed by atoms with Gasteiger partial charge in [0.25, 0.3) is 0 Å². The van der Waals surface area contributed by atoms with Crippen LogP contribution in [0.25, 0.3) is 0 Å². The van der Waals surface area contributed by atoms with Crippen molar-refractivity contribution < 1.29 is 4.74 Å². The third-order valence-corrected chi connectivity index (χ3v) is 5.48. The SMILES string of the molecule is COCCCN1C(=S)N[C@H](c2ccccn2)[C@@H]1c1ccc(Cl)s1. The lowest BCUT2D eigenvalue weighted by Crippen LogP contribution is -2.30. The van der Waals surface area contributed by atoms with E-state index >= 15 is 0 Å². The fourth-order valence-corrected chi connectivity index (χ4v) is 4.37. The topological polar surface area (TPSA) is 37.4 Å². The van der Waals surface area contributed by atoms with Crippen molar-refractivity contribution >= 4 is 40.3 Å². The Bertz CT molecular complexity index is 664. The normalized spacial score (nSPS) is 20.8. The molecule has 1 saturated heterocycles. The molecule has 1 N–H and O–H groups in total. The summed E-state index contributed by atoms with van der Waals surface area (Å²) in [4.78, 5) is 7.92. The van der Waals surface area contributed by atoms with Crippen molar-refractivity contribution in [2.75, 3.05) is 20.3 Å². The van der Waals surface area contributed by atoms with Gasteiger partial charge in [-0.1, -0.05) is 17.7 Å². The van der Waals surface area contributed by atoms with E-state index in [2.05, 4.69) is 21.3 Å². The molecule has 0 radical (unpaired) electrons. The van der Waals surface area contributed by atoms with Crippen LogP contribution in [0.3, 0.4) is 0 Å². The van der Waals surface area contributed by atoms with Crippen LogP contribution < -0.4 is 5.32 Å². The van der Waals surface area contributed by atoms with Crippen LogP contribution in [0.1, 0.15) is 29.1 Å². The van der Waals surface area contributed by atoms with Crippen molar-refractivity contribution in [1.82, 2.24) is 15.2 Å². The monoisotopic (exact) mass is 367 g/mol. The van der Waals surface area contributed by atoms with E-state index in [4.69, 9.17) is 28.6 Å². The Morgan fingerprint density at radius 1 is 1.39 bits per heavy atom. The van der Waals surface area contributed by atoms with Gasteiger partial charge in [-0.3, -0.25) is 4.98 Å². The highest BCUT2D eigenvalue weighted by Gasteiger charge is 2.40. The third-order valence-electron chi connectivity index (χ3n) is 3.83. The van der Waals surface area contributed by atoms with E-state index in [0.29, 0.717) is 6.61 Å². The minimum atomic E-state index is 0.0287. The molecule has 3 rings (SSSR count). The molecule has 2 aromatic rings. The van der Waals surface area contributed by atoms with Crippen molar-refractivity contribution in [3.05, 3.63) is 51.4 Å². The maximum Gasteiger partial charge on any atom is 0.170 e. The van der Waals surface area contributed by atoms with Crippen LogP contribution in [0.2, 0.25) is 4.34 Å². The van der Waals surface area contributed by atoms with Crippen molar-refractivity contribution in [3.63, 3.8) is 0 Å². The highest BCUT2D eigenvalue weighted by atomic mass is 35.5. The average molecular weight is 368 g/mol. The number of nitrogens with one attached hydrogen (secondary N) is 1. The molecule has 0 aromatic carbocycles. The minimum absolute atomic E-state index is 0.0287. The van der Waals surface area contributed by atoms with E-state index in [9.17, 15) is 0 Å². The summed E-state index contributed by atoms with van der Waals surface area (Å²) in [5.74, 6) is 0. The Balaban J connectivity index is 1.91. The number of thiocarbonyl (C=S) groups is 1. The molecule has 2 atom stereocenters. The van der Waals surface area contributed by atoms with E-state index in [1.807, 2.05) is 30.5 Å². The molecule has 0 unspecified atom stereocenters. The summed E-state index contributed by atoms with van der Waals surface area (Å²) in [6.45, 7) is 1.55. The second-order valence-corrected chi connectivity index (χ2v) is 7.44. The van der Waals surface area contributed by atoms with Crippen molar-refractivity contribution in [2.24, 2.45) is 0 Å². The predicted octanol–water partition coefficient (Wildman–Crippen LogP) is 3.81. The van der Waals surface area contributed by atoms with E-state index in [1.165, 1.54) is 4.88 Å². The van der Waals surface area contributed by atoms with Crippen LogP contribution in [0, 0.1) is 0 Å². The van der Waals surface area contributed by atoms with Crippen LogP contribution in [0.5, 0.6) is 0 Å². The lowest BCUT2D eigenvalue weighted by atomic mass is 10.0. The molecule has 1 fully saturated rings. The molecule has 0 bridgehead atoms. The smallest absolute Gasteiger partial charge is 0.170 e. The molecular formula is C16H18ClN3OS2. The molecule has 0 saturated carbocycles. The summed E-state index contributed by atoms with van der Waals surface area (Å²) >= 11 is 13.3. The first-order chi connectivity index (χ1) is 11.2. The molecule has 23 heavy (non-hydrogen) atoms. The Labute approximate surface area is 150 Å². The number of nitrogens with zero attached hydrogens (tertiary/aromatic N) is 2. The lowest BCUT2D eigenvalue weighted by molar-refractivity contribution is 0.181. The summed E-state index contributed by atoms with van der Waals surface area (Å²) in [6.07, 6.45) is 2.73. The van der Waals surface area contributed by atoms with Crippen molar-refractivity contribution in [3.8, 4) is 0 Å². The molecule has 3 heterocycles. The van der Waals surface area contributed by atoms with Crippen LogP contribution in [-0.4, -0.2) is 35.3 Å².